The fourth-order valence-electron chi connectivity index (χ4n) is 2.27. The van der Waals surface area contributed by atoms with Crippen LogP contribution < -0.4 is 10.6 Å². The maximum absolute atomic E-state index is 8.74. The second kappa shape index (κ2) is 7.25. The summed E-state index contributed by atoms with van der Waals surface area (Å²) in [7, 11) is 0. The van der Waals surface area contributed by atoms with Crippen molar-refractivity contribution in [2.24, 2.45) is 0 Å². The Kier molecular flexibility index (Phi) is 5.34. The molecule has 2 rings (SSSR count). The Hall–Kier alpha value is -1.41. The Labute approximate surface area is 114 Å². The summed E-state index contributed by atoms with van der Waals surface area (Å²) < 4.78 is 5.45. The lowest BCUT2D eigenvalue weighted by Crippen LogP contribution is -2.44. The lowest BCUT2D eigenvalue weighted by atomic mass is 10.1. The topological polar surface area (TPSA) is 57.1 Å². The second-order valence-corrected chi connectivity index (χ2v) is 5.05. The van der Waals surface area contributed by atoms with E-state index in [1.165, 1.54) is 5.56 Å². The molecule has 0 aromatic heterocycles. The Bertz CT molecular complexity index is 418. The molecular formula is C15H21N3O. The summed E-state index contributed by atoms with van der Waals surface area (Å²) in [6.45, 7) is 5.61. The molecule has 1 aliphatic rings. The summed E-state index contributed by atoms with van der Waals surface area (Å²) in [6.07, 6.45) is 1.07. The number of rotatable bonds is 5. The van der Waals surface area contributed by atoms with Gasteiger partial charge in [0.05, 0.1) is 24.8 Å². The molecule has 1 heterocycles. The van der Waals surface area contributed by atoms with Gasteiger partial charge in [-0.05, 0) is 31.0 Å². The Morgan fingerprint density at radius 2 is 2.26 bits per heavy atom. The first kappa shape index (κ1) is 14.0. The van der Waals surface area contributed by atoms with Gasteiger partial charge in [-0.2, -0.15) is 5.26 Å². The molecule has 1 aliphatic heterocycles. The van der Waals surface area contributed by atoms with Gasteiger partial charge in [0.2, 0.25) is 0 Å². The molecule has 4 heteroatoms. The van der Waals surface area contributed by atoms with E-state index in [1.807, 2.05) is 24.3 Å². The Balaban J connectivity index is 1.73. The summed E-state index contributed by atoms with van der Waals surface area (Å²) in [4.78, 5) is 0. The number of hydrogen-bond acceptors (Lipinski definition) is 4. The molecule has 0 amide bonds. The first-order chi connectivity index (χ1) is 9.28. The lowest BCUT2D eigenvalue weighted by Gasteiger charge is -2.26. The molecular weight excluding hydrogens is 238 g/mol. The van der Waals surface area contributed by atoms with E-state index in [4.69, 9.17) is 10.00 Å². The Morgan fingerprint density at radius 3 is 2.89 bits per heavy atom. The number of nitrogens with zero attached hydrogens (tertiary/aromatic N) is 1. The predicted octanol–water partition coefficient (Wildman–Crippen LogP) is 1.41. The highest BCUT2D eigenvalue weighted by molar-refractivity contribution is 5.31. The molecule has 0 radical (unpaired) electrons. The molecule has 0 spiro atoms. The van der Waals surface area contributed by atoms with Gasteiger partial charge in [0.1, 0.15) is 0 Å². The van der Waals surface area contributed by atoms with Gasteiger partial charge in [-0.25, -0.2) is 0 Å². The van der Waals surface area contributed by atoms with Crippen molar-refractivity contribution in [1.29, 1.82) is 5.26 Å². The number of nitrogens with one attached hydrogen (secondary N) is 2. The van der Waals surface area contributed by atoms with Crippen LogP contribution in [0.15, 0.2) is 24.3 Å². The van der Waals surface area contributed by atoms with E-state index >= 15 is 0 Å². The number of morpholine rings is 1. The van der Waals surface area contributed by atoms with Crippen LogP contribution in [0.2, 0.25) is 0 Å². The van der Waals surface area contributed by atoms with Gasteiger partial charge in [0, 0.05) is 25.2 Å². The predicted molar refractivity (Wildman–Crippen MR) is 74.7 cm³/mol. The summed E-state index contributed by atoms with van der Waals surface area (Å²) >= 11 is 0. The molecule has 1 aromatic carbocycles. The van der Waals surface area contributed by atoms with E-state index in [0.717, 1.165) is 32.7 Å². The number of benzene rings is 1. The van der Waals surface area contributed by atoms with Crippen molar-refractivity contribution < 1.29 is 4.74 Å². The van der Waals surface area contributed by atoms with Crippen molar-refractivity contribution in [1.82, 2.24) is 10.6 Å². The average molecular weight is 259 g/mol. The molecule has 2 N–H and O–H groups in total. The van der Waals surface area contributed by atoms with Crippen LogP contribution in [-0.2, 0) is 11.3 Å². The van der Waals surface area contributed by atoms with E-state index in [0.29, 0.717) is 17.6 Å². The van der Waals surface area contributed by atoms with Crippen molar-refractivity contribution >= 4 is 0 Å². The highest BCUT2D eigenvalue weighted by atomic mass is 16.5. The van der Waals surface area contributed by atoms with Crippen molar-refractivity contribution in [3.63, 3.8) is 0 Å². The van der Waals surface area contributed by atoms with E-state index in [1.54, 1.807) is 0 Å². The average Bonchev–Trinajstić information content (AvgIpc) is 2.47. The smallest absolute Gasteiger partial charge is 0.0991 e. The summed E-state index contributed by atoms with van der Waals surface area (Å²) in [6, 6.07) is 10.7. The molecule has 4 nitrogen and oxygen atoms in total. The summed E-state index contributed by atoms with van der Waals surface area (Å²) in [5.41, 5.74) is 1.92. The molecule has 1 saturated heterocycles. The molecule has 1 aromatic rings. The molecule has 0 saturated carbocycles. The van der Waals surface area contributed by atoms with Crippen LogP contribution in [0.1, 0.15) is 24.5 Å². The van der Waals surface area contributed by atoms with Crippen LogP contribution >= 0.6 is 0 Å². The molecule has 2 unspecified atom stereocenters. The van der Waals surface area contributed by atoms with Gasteiger partial charge in [-0.3, -0.25) is 0 Å². The highest BCUT2D eigenvalue weighted by Crippen LogP contribution is 2.06. The monoisotopic (exact) mass is 259 g/mol. The lowest BCUT2D eigenvalue weighted by molar-refractivity contribution is 0.0712. The normalized spacial score (nSPS) is 20.7. The fourth-order valence-corrected chi connectivity index (χ4v) is 2.27. The molecule has 0 aliphatic carbocycles. The fraction of sp³-hybridized carbons (Fsp3) is 0.533. The SMILES string of the molecule is CC(CC1COCCN1)NCc1ccc(C#N)cc1. The van der Waals surface area contributed by atoms with Crippen LogP contribution in [0.5, 0.6) is 0 Å². The minimum Gasteiger partial charge on any atom is -0.379 e. The van der Waals surface area contributed by atoms with E-state index < -0.39 is 0 Å². The summed E-state index contributed by atoms with van der Waals surface area (Å²) in [5, 5.41) is 15.7. The van der Waals surface area contributed by atoms with Gasteiger partial charge >= 0.3 is 0 Å². The third-order valence-electron chi connectivity index (χ3n) is 3.37. The quantitative estimate of drug-likeness (QED) is 0.839. The number of hydrogen-bond donors (Lipinski definition) is 2. The maximum Gasteiger partial charge on any atom is 0.0991 e. The van der Waals surface area contributed by atoms with Crippen molar-refractivity contribution in [3.8, 4) is 6.07 Å². The minimum atomic E-state index is 0.440. The first-order valence-electron chi connectivity index (χ1n) is 6.81. The van der Waals surface area contributed by atoms with Crippen LogP contribution in [0.4, 0.5) is 0 Å². The van der Waals surface area contributed by atoms with Crippen LogP contribution in [0.25, 0.3) is 0 Å². The van der Waals surface area contributed by atoms with E-state index in [9.17, 15) is 0 Å². The molecule has 1 fully saturated rings. The highest BCUT2D eigenvalue weighted by Gasteiger charge is 2.15. The third kappa shape index (κ3) is 4.64. The van der Waals surface area contributed by atoms with Crippen LogP contribution in [0.3, 0.4) is 0 Å². The zero-order valence-electron chi connectivity index (χ0n) is 11.4. The van der Waals surface area contributed by atoms with Gasteiger partial charge in [-0.1, -0.05) is 12.1 Å². The van der Waals surface area contributed by atoms with Crippen molar-refractivity contribution in [3.05, 3.63) is 35.4 Å². The number of ether oxygens (including phenoxy) is 1. The second-order valence-electron chi connectivity index (χ2n) is 5.05. The number of nitriles is 1. The molecule has 2 atom stereocenters. The zero-order valence-corrected chi connectivity index (χ0v) is 11.4. The molecule has 0 bridgehead atoms. The van der Waals surface area contributed by atoms with Crippen molar-refractivity contribution in [2.75, 3.05) is 19.8 Å². The van der Waals surface area contributed by atoms with Gasteiger partial charge in [0.15, 0.2) is 0 Å². The largest absolute Gasteiger partial charge is 0.379 e. The zero-order chi connectivity index (χ0) is 13.5. The van der Waals surface area contributed by atoms with Gasteiger partial charge in [-0.15, -0.1) is 0 Å². The maximum atomic E-state index is 8.74. The molecule has 102 valence electrons. The summed E-state index contributed by atoms with van der Waals surface area (Å²) in [5.74, 6) is 0. The van der Waals surface area contributed by atoms with E-state index in [-0.39, 0.29) is 0 Å². The third-order valence-corrected chi connectivity index (χ3v) is 3.37. The van der Waals surface area contributed by atoms with Crippen LogP contribution in [-0.4, -0.2) is 31.8 Å². The van der Waals surface area contributed by atoms with Crippen LogP contribution in [0, 0.1) is 11.3 Å². The minimum absolute atomic E-state index is 0.440. The van der Waals surface area contributed by atoms with Gasteiger partial charge < -0.3 is 15.4 Å². The molecule has 19 heavy (non-hydrogen) atoms. The standard InChI is InChI=1S/C15H21N3O/c1-12(8-15-11-19-7-6-17-15)18-10-14-4-2-13(9-16)3-5-14/h2-5,12,15,17-18H,6-8,10-11H2,1H3. The Morgan fingerprint density at radius 1 is 1.47 bits per heavy atom. The van der Waals surface area contributed by atoms with Gasteiger partial charge in [0.25, 0.3) is 0 Å². The first-order valence-corrected chi connectivity index (χ1v) is 6.81. The van der Waals surface area contributed by atoms with E-state index in [2.05, 4.69) is 23.6 Å². The van der Waals surface area contributed by atoms with Crippen molar-refractivity contribution in [2.45, 2.75) is 32.0 Å².